The summed E-state index contributed by atoms with van der Waals surface area (Å²) in [6, 6.07) is 0. The molecule has 1 aliphatic rings. The molecule has 2 N–H and O–H groups in total. The minimum absolute atomic E-state index is 0.318. The number of hydrogen-bond donors (Lipinski definition) is 1. The van der Waals surface area contributed by atoms with E-state index in [9.17, 15) is 0 Å². The molecule has 0 unspecified atom stereocenters. The van der Waals surface area contributed by atoms with Crippen LogP contribution in [0.15, 0.2) is 4.52 Å². The van der Waals surface area contributed by atoms with Crippen LogP contribution < -0.4 is 5.73 Å². The lowest BCUT2D eigenvalue weighted by Gasteiger charge is -2.17. The van der Waals surface area contributed by atoms with E-state index in [1.54, 1.807) is 0 Å². The van der Waals surface area contributed by atoms with Gasteiger partial charge in [-0.05, 0) is 19.3 Å². The predicted octanol–water partition coefficient (Wildman–Crippen LogP) is 4.09. The van der Waals surface area contributed by atoms with Gasteiger partial charge in [-0.2, -0.15) is 4.98 Å². The molecule has 1 heterocycles. The van der Waals surface area contributed by atoms with Gasteiger partial charge in [0.2, 0.25) is 5.89 Å². The van der Waals surface area contributed by atoms with Gasteiger partial charge in [0.1, 0.15) is 0 Å². The van der Waals surface area contributed by atoms with Gasteiger partial charge >= 0.3 is 0 Å². The Morgan fingerprint density at radius 3 is 2.40 bits per heavy atom. The molecule has 0 aliphatic heterocycles. The summed E-state index contributed by atoms with van der Waals surface area (Å²) in [5, 5.41) is 4.10. The first-order valence-electron chi connectivity index (χ1n) is 8.36. The number of rotatable bonds is 9. The first kappa shape index (κ1) is 15.5. The summed E-state index contributed by atoms with van der Waals surface area (Å²) < 4.78 is 5.35. The van der Waals surface area contributed by atoms with E-state index in [1.165, 1.54) is 51.4 Å². The van der Waals surface area contributed by atoms with Crippen LogP contribution in [0.4, 0.5) is 0 Å². The van der Waals surface area contributed by atoms with Gasteiger partial charge in [0.25, 0.3) is 0 Å². The Kier molecular flexibility index (Phi) is 6.02. The maximum atomic E-state index is 6.33. The van der Waals surface area contributed by atoms with Crippen molar-refractivity contribution < 1.29 is 4.52 Å². The molecule has 0 radical (unpaired) electrons. The molecule has 114 valence electrons. The highest BCUT2D eigenvalue weighted by Gasteiger charge is 2.35. The van der Waals surface area contributed by atoms with E-state index in [4.69, 9.17) is 10.3 Å². The SMILES string of the molecule is CCCCCCCCCc1nc(C2(N)CCCC2)no1. The zero-order valence-electron chi connectivity index (χ0n) is 12.9. The van der Waals surface area contributed by atoms with Crippen molar-refractivity contribution in [2.45, 2.75) is 89.5 Å². The van der Waals surface area contributed by atoms with E-state index < -0.39 is 0 Å². The lowest BCUT2D eigenvalue weighted by Crippen LogP contribution is -2.34. The summed E-state index contributed by atoms with van der Waals surface area (Å²) in [5.41, 5.74) is 6.01. The Balaban J connectivity index is 1.66. The Bertz CT molecular complexity index is 383. The highest BCUT2D eigenvalue weighted by molar-refractivity contribution is 5.06. The molecule has 1 saturated carbocycles. The third kappa shape index (κ3) is 4.30. The van der Waals surface area contributed by atoms with Crippen molar-refractivity contribution in [3.8, 4) is 0 Å². The van der Waals surface area contributed by atoms with E-state index in [0.717, 1.165) is 37.4 Å². The molecule has 0 amide bonds. The van der Waals surface area contributed by atoms with Gasteiger partial charge in [0.05, 0.1) is 5.54 Å². The fraction of sp³-hybridized carbons (Fsp3) is 0.875. The van der Waals surface area contributed by atoms with Crippen molar-refractivity contribution in [3.05, 3.63) is 11.7 Å². The first-order valence-corrected chi connectivity index (χ1v) is 8.36. The van der Waals surface area contributed by atoms with Gasteiger partial charge < -0.3 is 10.3 Å². The molecule has 0 atom stereocenters. The Morgan fingerprint density at radius 2 is 1.70 bits per heavy atom. The molecular formula is C16H29N3O. The van der Waals surface area contributed by atoms with E-state index in [1.807, 2.05) is 0 Å². The summed E-state index contributed by atoms with van der Waals surface area (Å²) in [4.78, 5) is 4.51. The molecule has 20 heavy (non-hydrogen) atoms. The van der Waals surface area contributed by atoms with E-state index in [-0.39, 0.29) is 5.54 Å². The van der Waals surface area contributed by atoms with Crippen LogP contribution in [0, 0.1) is 0 Å². The minimum atomic E-state index is -0.318. The van der Waals surface area contributed by atoms with E-state index >= 15 is 0 Å². The molecule has 1 aliphatic carbocycles. The summed E-state index contributed by atoms with van der Waals surface area (Å²) in [5.74, 6) is 1.50. The molecule has 0 bridgehead atoms. The lowest BCUT2D eigenvalue weighted by molar-refractivity contribution is 0.346. The largest absolute Gasteiger partial charge is 0.339 e. The van der Waals surface area contributed by atoms with Crippen molar-refractivity contribution in [2.24, 2.45) is 5.73 Å². The van der Waals surface area contributed by atoms with Gasteiger partial charge in [-0.3, -0.25) is 0 Å². The number of aromatic nitrogens is 2. The zero-order valence-corrected chi connectivity index (χ0v) is 12.9. The Labute approximate surface area is 122 Å². The molecule has 0 spiro atoms. The fourth-order valence-electron chi connectivity index (χ4n) is 3.02. The van der Waals surface area contributed by atoms with Gasteiger partial charge in [-0.25, -0.2) is 0 Å². The van der Waals surface area contributed by atoms with E-state index in [2.05, 4.69) is 17.1 Å². The van der Waals surface area contributed by atoms with E-state index in [0.29, 0.717) is 0 Å². The van der Waals surface area contributed by atoms with Crippen molar-refractivity contribution in [3.63, 3.8) is 0 Å². The molecule has 0 aromatic carbocycles. The highest BCUT2D eigenvalue weighted by Crippen LogP contribution is 2.34. The zero-order chi connectivity index (χ0) is 14.3. The Hall–Kier alpha value is -0.900. The second-order valence-electron chi connectivity index (χ2n) is 6.25. The quantitative estimate of drug-likeness (QED) is 0.691. The van der Waals surface area contributed by atoms with Crippen molar-refractivity contribution in [2.75, 3.05) is 0 Å². The van der Waals surface area contributed by atoms with Crippen molar-refractivity contribution in [1.82, 2.24) is 10.1 Å². The third-order valence-electron chi connectivity index (χ3n) is 4.40. The number of unbranched alkanes of at least 4 members (excludes halogenated alkanes) is 6. The van der Waals surface area contributed by atoms with Crippen LogP contribution in [0.1, 0.15) is 89.3 Å². The van der Waals surface area contributed by atoms with Crippen molar-refractivity contribution in [1.29, 1.82) is 0 Å². The number of nitrogens with two attached hydrogens (primary N) is 1. The topological polar surface area (TPSA) is 64.9 Å². The second-order valence-corrected chi connectivity index (χ2v) is 6.25. The van der Waals surface area contributed by atoms with Gasteiger partial charge in [0.15, 0.2) is 5.82 Å². The summed E-state index contributed by atoms with van der Waals surface area (Å²) in [7, 11) is 0. The predicted molar refractivity (Wildman–Crippen MR) is 80.3 cm³/mol. The van der Waals surface area contributed by atoms with Crippen LogP contribution in [-0.4, -0.2) is 10.1 Å². The maximum absolute atomic E-state index is 6.33. The molecule has 1 fully saturated rings. The number of hydrogen-bond acceptors (Lipinski definition) is 4. The maximum Gasteiger partial charge on any atom is 0.226 e. The summed E-state index contributed by atoms with van der Waals surface area (Å²) >= 11 is 0. The van der Waals surface area contributed by atoms with Crippen molar-refractivity contribution >= 4 is 0 Å². The standard InChI is InChI=1S/C16H29N3O/c1-2-3-4-5-6-7-8-11-14-18-15(19-20-14)16(17)12-9-10-13-16/h2-13,17H2,1H3. The molecular weight excluding hydrogens is 250 g/mol. The number of nitrogens with zero attached hydrogens (tertiary/aromatic N) is 2. The highest BCUT2D eigenvalue weighted by atomic mass is 16.5. The van der Waals surface area contributed by atoms with Crippen LogP contribution in [0.5, 0.6) is 0 Å². The second kappa shape index (κ2) is 7.77. The molecule has 1 aromatic rings. The molecule has 4 heteroatoms. The average Bonchev–Trinajstić information content (AvgIpc) is 3.08. The third-order valence-corrected chi connectivity index (χ3v) is 4.40. The molecule has 2 rings (SSSR count). The number of aryl methyl sites for hydroxylation is 1. The van der Waals surface area contributed by atoms with Gasteiger partial charge in [0, 0.05) is 6.42 Å². The Morgan fingerprint density at radius 1 is 1.05 bits per heavy atom. The summed E-state index contributed by atoms with van der Waals surface area (Å²) in [6.07, 6.45) is 14.4. The monoisotopic (exact) mass is 279 g/mol. The lowest BCUT2D eigenvalue weighted by atomic mass is 9.99. The smallest absolute Gasteiger partial charge is 0.226 e. The van der Waals surface area contributed by atoms with Crippen LogP contribution >= 0.6 is 0 Å². The first-order chi connectivity index (χ1) is 9.74. The van der Waals surface area contributed by atoms with Gasteiger partial charge in [-0.1, -0.05) is 63.4 Å². The van der Waals surface area contributed by atoms with Crippen LogP contribution in [0.2, 0.25) is 0 Å². The normalized spacial score (nSPS) is 17.7. The summed E-state index contributed by atoms with van der Waals surface area (Å²) in [6.45, 7) is 2.25. The average molecular weight is 279 g/mol. The van der Waals surface area contributed by atoms with Crippen LogP contribution in [0.25, 0.3) is 0 Å². The van der Waals surface area contributed by atoms with Gasteiger partial charge in [-0.15, -0.1) is 0 Å². The molecule has 1 aromatic heterocycles. The fourth-order valence-corrected chi connectivity index (χ4v) is 3.02. The van der Waals surface area contributed by atoms with Crippen LogP contribution in [0.3, 0.4) is 0 Å². The van der Waals surface area contributed by atoms with Crippen LogP contribution in [-0.2, 0) is 12.0 Å². The molecule has 4 nitrogen and oxygen atoms in total. The molecule has 0 saturated heterocycles. The minimum Gasteiger partial charge on any atom is -0.339 e.